The Balaban J connectivity index is 1.71. The van der Waals surface area contributed by atoms with E-state index in [1.54, 1.807) is 29.2 Å². The summed E-state index contributed by atoms with van der Waals surface area (Å²) in [5.41, 5.74) is 3.43. The molecule has 1 N–H and O–H groups in total. The first-order valence-corrected chi connectivity index (χ1v) is 9.49. The molecule has 0 aromatic heterocycles. The molecule has 0 radical (unpaired) electrons. The Morgan fingerprint density at radius 3 is 2.46 bits per heavy atom. The average Bonchev–Trinajstić information content (AvgIpc) is 3.21. The van der Waals surface area contributed by atoms with Gasteiger partial charge in [0.1, 0.15) is 0 Å². The van der Waals surface area contributed by atoms with Crippen molar-refractivity contribution in [1.82, 2.24) is 4.90 Å². The van der Waals surface area contributed by atoms with Crippen molar-refractivity contribution in [1.29, 1.82) is 5.26 Å². The summed E-state index contributed by atoms with van der Waals surface area (Å²) in [6, 6.07) is 17.0. The molecule has 0 saturated carbocycles. The molecule has 3 rings (SSSR count). The number of nitrogens with zero attached hydrogens (tertiary/aromatic N) is 3. The zero-order valence-corrected chi connectivity index (χ0v) is 16.4. The molecule has 1 heterocycles. The summed E-state index contributed by atoms with van der Waals surface area (Å²) in [6.07, 6.45) is 2.08. The molecule has 0 spiro atoms. The molecule has 6 nitrogen and oxygen atoms in total. The Morgan fingerprint density at radius 2 is 1.89 bits per heavy atom. The van der Waals surface area contributed by atoms with Gasteiger partial charge in [0.2, 0.25) is 0 Å². The van der Waals surface area contributed by atoms with Crippen LogP contribution in [0.4, 0.5) is 16.2 Å². The van der Waals surface area contributed by atoms with Gasteiger partial charge in [-0.25, -0.2) is 4.79 Å². The zero-order chi connectivity index (χ0) is 19.9. The molecule has 1 aliphatic rings. The molecule has 0 bridgehead atoms. The zero-order valence-electron chi connectivity index (χ0n) is 16.4. The van der Waals surface area contributed by atoms with Crippen molar-refractivity contribution in [2.45, 2.75) is 25.5 Å². The third-order valence-corrected chi connectivity index (χ3v) is 4.83. The van der Waals surface area contributed by atoms with Gasteiger partial charge >= 0.3 is 6.03 Å². The highest BCUT2D eigenvalue weighted by atomic mass is 16.5. The molecule has 1 saturated heterocycles. The van der Waals surface area contributed by atoms with Crippen molar-refractivity contribution < 1.29 is 9.53 Å². The Hall–Kier alpha value is -3.04. The van der Waals surface area contributed by atoms with Crippen molar-refractivity contribution in [3.63, 3.8) is 0 Å². The number of rotatable bonds is 6. The molecule has 28 heavy (non-hydrogen) atoms. The van der Waals surface area contributed by atoms with E-state index >= 15 is 0 Å². The summed E-state index contributed by atoms with van der Waals surface area (Å²) < 4.78 is 5.74. The minimum absolute atomic E-state index is 0.0766. The number of benzene rings is 2. The van der Waals surface area contributed by atoms with E-state index in [4.69, 9.17) is 10.00 Å². The average molecular weight is 378 g/mol. The van der Waals surface area contributed by atoms with Crippen LogP contribution >= 0.6 is 0 Å². The fraction of sp³-hybridized carbons (Fsp3) is 0.364. The molecule has 2 aromatic carbocycles. The number of nitrogens with one attached hydrogen (secondary N) is 1. The van der Waals surface area contributed by atoms with Crippen molar-refractivity contribution in [3.8, 4) is 6.07 Å². The van der Waals surface area contributed by atoms with Crippen LogP contribution in [0.25, 0.3) is 0 Å². The van der Waals surface area contributed by atoms with E-state index < -0.39 is 0 Å². The summed E-state index contributed by atoms with van der Waals surface area (Å²) in [4.78, 5) is 16.8. The van der Waals surface area contributed by atoms with Crippen molar-refractivity contribution in [2.75, 3.05) is 37.5 Å². The molecule has 0 aliphatic carbocycles. The van der Waals surface area contributed by atoms with Gasteiger partial charge in [0.15, 0.2) is 0 Å². The fourth-order valence-electron chi connectivity index (χ4n) is 3.20. The van der Waals surface area contributed by atoms with Gasteiger partial charge in [-0.15, -0.1) is 0 Å². The van der Waals surface area contributed by atoms with E-state index in [0.29, 0.717) is 24.3 Å². The second-order valence-corrected chi connectivity index (χ2v) is 7.20. The van der Waals surface area contributed by atoms with Crippen molar-refractivity contribution >= 4 is 17.4 Å². The number of ether oxygens (including phenoxy) is 1. The molecule has 1 aliphatic heterocycles. The van der Waals surface area contributed by atoms with Crippen molar-refractivity contribution in [3.05, 3.63) is 59.7 Å². The van der Waals surface area contributed by atoms with E-state index in [1.165, 1.54) is 0 Å². The quantitative estimate of drug-likeness (QED) is 0.829. The number of amides is 2. The van der Waals surface area contributed by atoms with Gasteiger partial charge in [0.25, 0.3) is 0 Å². The number of carbonyl (C=O) groups excluding carboxylic acids is 1. The first kappa shape index (κ1) is 19.7. The number of nitriles is 1. The van der Waals surface area contributed by atoms with Gasteiger partial charge < -0.3 is 19.9 Å². The maximum Gasteiger partial charge on any atom is 0.322 e. The van der Waals surface area contributed by atoms with E-state index in [1.807, 2.05) is 31.1 Å². The molecule has 1 atom stereocenters. The Bertz CT molecular complexity index is 819. The second kappa shape index (κ2) is 9.25. The van der Waals surface area contributed by atoms with Crippen LogP contribution in [0.5, 0.6) is 0 Å². The van der Waals surface area contributed by atoms with Gasteiger partial charge in [-0.3, -0.25) is 0 Å². The van der Waals surface area contributed by atoms with Crippen LogP contribution in [0.2, 0.25) is 0 Å². The number of anilines is 2. The Morgan fingerprint density at radius 1 is 1.18 bits per heavy atom. The van der Waals surface area contributed by atoms with Crippen LogP contribution < -0.4 is 10.2 Å². The van der Waals surface area contributed by atoms with E-state index in [9.17, 15) is 4.79 Å². The highest BCUT2D eigenvalue weighted by Crippen LogP contribution is 2.18. The van der Waals surface area contributed by atoms with E-state index in [-0.39, 0.29) is 12.1 Å². The lowest BCUT2D eigenvalue weighted by Crippen LogP contribution is -2.39. The summed E-state index contributed by atoms with van der Waals surface area (Å²) >= 11 is 0. The lowest BCUT2D eigenvalue weighted by Gasteiger charge is -2.26. The summed E-state index contributed by atoms with van der Waals surface area (Å²) in [7, 11) is 4.01. The lowest BCUT2D eigenvalue weighted by molar-refractivity contribution is 0.0819. The Kier molecular flexibility index (Phi) is 6.51. The standard InChI is InChI=1S/C22H26N4O2/c1-25(2)20-11-7-18(8-12-20)15-26(16-21-4-3-13-28-21)22(27)24-19-9-5-17(14-23)6-10-19/h5-12,21H,3-4,13,15-16H2,1-2H3,(H,24,27)/t21-/m1/s1. The summed E-state index contributed by atoms with van der Waals surface area (Å²) in [6.45, 7) is 1.82. The SMILES string of the molecule is CN(C)c1ccc(CN(C[C@H]2CCCO2)C(=O)Nc2ccc(C#N)cc2)cc1. The van der Waals surface area contributed by atoms with E-state index in [0.717, 1.165) is 30.7 Å². The minimum atomic E-state index is -0.170. The number of urea groups is 1. The predicted octanol–water partition coefficient (Wildman–Crippen LogP) is 3.84. The predicted molar refractivity (Wildman–Crippen MR) is 110 cm³/mol. The van der Waals surface area contributed by atoms with Gasteiger partial charge in [0.05, 0.1) is 17.7 Å². The third kappa shape index (κ3) is 5.24. The first-order valence-electron chi connectivity index (χ1n) is 9.49. The summed E-state index contributed by atoms with van der Waals surface area (Å²) in [5, 5.41) is 11.8. The molecule has 146 valence electrons. The Labute approximate surface area is 166 Å². The molecule has 1 fully saturated rings. The van der Waals surface area contributed by atoms with Gasteiger partial charge in [-0.2, -0.15) is 5.26 Å². The monoisotopic (exact) mass is 378 g/mol. The lowest BCUT2D eigenvalue weighted by atomic mass is 10.1. The highest BCUT2D eigenvalue weighted by molar-refractivity contribution is 5.89. The van der Waals surface area contributed by atoms with Gasteiger partial charge in [0, 0.05) is 45.2 Å². The molecular formula is C22H26N4O2. The maximum absolute atomic E-state index is 12.9. The smallest absolute Gasteiger partial charge is 0.322 e. The van der Waals surface area contributed by atoms with Crippen LogP contribution in [0.3, 0.4) is 0 Å². The molecule has 0 unspecified atom stereocenters. The first-order chi connectivity index (χ1) is 13.5. The van der Waals surface area contributed by atoms with E-state index in [2.05, 4.69) is 23.5 Å². The van der Waals surface area contributed by atoms with Crippen LogP contribution in [0, 0.1) is 11.3 Å². The van der Waals surface area contributed by atoms with Crippen LogP contribution in [0.1, 0.15) is 24.0 Å². The largest absolute Gasteiger partial charge is 0.378 e. The highest BCUT2D eigenvalue weighted by Gasteiger charge is 2.23. The number of hydrogen-bond donors (Lipinski definition) is 1. The van der Waals surface area contributed by atoms with Crippen molar-refractivity contribution in [2.24, 2.45) is 0 Å². The fourth-order valence-corrected chi connectivity index (χ4v) is 3.20. The third-order valence-electron chi connectivity index (χ3n) is 4.83. The molecule has 2 aromatic rings. The second-order valence-electron chi connectivity index (χ2n) is 7.20. The minimum Gasteiger partial charge on any atom is -0.378 e. The topological polar surface area (TPSA) is 68.6 Å². The van der Waals surface area contributed by atoms with Crippen LogP contribution in [-0.2, 0) is 11.3 Å². The van der Waals surface area contributed by atoms with Gasteiger partial charge in [-0.05, 0) is 54.8 Å². The van der Waals surface area contributed by atoms with Crippen LogP contribution in [0.15, 0.2) is 48.5 Å². The number of hydrogen-bond acceptors (Lipinski definition) is 4. The molecule has 2 amide bonds. The maximum atomic E-state index is 12.9. The normalized spacial score (nSPS) is 15.7. The molecule has 6 heteroatoms. The summed E-state index contributed by atoms with van der Waals surface area (Å²) in [5.74, 6) is 0. The van der Waals surface area contributed by atoms with Gasteiger partial charge in [-0.1, -0.05) is 12.1 Å². The van der Waals surface area contributed by atoms with Crippen LogP contribution in [-0.4, -0.2) is 44.3 Å². The molecular weight excluding hydrogens is 352 g/mol. The number of carbonyl (C=O) groups is 1.